The lowest BCUT2D eigenvalue weighted by atomic mass is 10.2. The van der Waals surface area contributed by atoms with E-state index >= 15 is 0 Å². The molecule has 0 amide bonds. The first-order valence-corrected chi connectivity index (χ1v) is 6.17. The second kappa shape index (κ2) is 4.47. The summed E-state index contributed by atoms with van der Waals surface area (Å²) < 4.78 is 1.53. The summed E-state index contributed by atoms with van der Waals surface area (Å²) in [6, 6.07) is 7.71. The predicted octanol–water partition coefficient (Wildman–Crippen LogP) is 2.94. The number of rotatable bonds is 1. The number of benzene rings is 1. The molecule has 2 nitrogen and oxygen atoms in total. The molecule has 0 unspecified atom stereocenters. The summed E-state index contributed by atoms with van der Waals surface area (Å²) >= 11 is 9.30. The van der Waals surface area contributed by atoms with Crippen LogP contribution in [-0.2, 0) is 4.79 Å². The Morgan fingerprint density at radius 1 is 1.33 bits per heavy atom. The van der Waals surface area contributed by atoms with Gasteiger partial charge in [-0.3, -0.25) is 4.79 Å². The van der Waals surface area contributed by atoms with E-state index in [1.165, 1.54) is 0 Å². The largest absolute Gasteiger partial charge is 0.337 e. The van der Waals surface area contributed by atoms with E-state index in [4.69, 9.17) is 12.2 Å². The van der Waals surface area contributed by atoms with Crippen molar-refractivity contribution < 1.29 is 4.79 Å². The van der Waals surface area contributed by atoms with E-state index in [1.807, 2.05) is 24.3 Å². The normalized spacial score (nSPS) is 18.3. The first kappa shape index (κ1) is 10.9. The second-order valence-corrected chi connectivity index (χ2v) is 5.48. The highest BCUT2D eigenvalue weighted by Gasteiger charge is 2.21. The van der Waals surface area contributed by atoms with Crippen LogP contribution in [0.2, 0.25) is 0 Å². The molecule has 5 heteroatoms. The standard InChI is InChI=1S/C10H6BrNOS2/c11-7-3-1-6(2-4-7)5-8-9(13)15-10(14)12-8/h1-5H,(H,12,14). The first-order chi connectivity index (χ1) is 7.15. The second-order valence-electron chi connectivity index (χ2n) is 2.91. The van der Waals surface area contributed by atoms with Gasteiger partial charge in [-0.15, -0.1) is 0 Å². The van der Waals surface area contributed by atoms with Crippen LogP contribution in [0, 0.1) is 0 Å². The lowest BCUT2D eigenvalue weighted by Gasteiger charge is -1.97. The highest BCUT2D eigenvalue weighted by molar-refractivity contribution is 9.10. The zero-order valence-electron chi connectivity index (χ0n) is 7.49. The van der Waals surface area contributed by atoms with Gasteiger partial charge >= 0.3 is 0 Å². The van der Waals surface area contributed by atoms with Crippen LogP contribution in [0.3, 0.4) is 0 Å². The molecule has 76 valence electrons. The molecule has 0 bridgehead atoms. The molecule has 15 heavy (non-hydrogen) atoms. The van der Waals surface area contributed by atoms with E-state index in [9.17, 15) is 4.79 Å². The average molecular weight is 300 g/mol. The summed E-state index contributed by atoms with van der Waals surface area (Å²) in [5, 5.41) is 2.84. The molecule has 0 spiro atoms. The van der Waals surface area contributed by atoms with Gasteiger partial charge in [0.15, 0.2) is 0 Å². The van der Waals surface area contributed by atoms with E-state index in [0.29, 0.717) is 10.0 Å². The van der Waals surface area contributed by atoms with Gasteiger partial charge in [-0.05, 0) is 35.5 Å². The van der Waals surface area contributed by atoms with Crippen molar-refractivity contribution in [3.8, 4) is 0 Å². The SMILES string of the molecule is O=C1SC(=S)NC1=Cc1ccc(Br)cc1. The van der Waals surface area contributed by atoms with Crippen LogP contribution in [0.5, 0.6) is 0 Å². The van der Waals surface area contributed by atoms with Gasteiger partial charge in [0.25, 0.3) is 0 Å². The number of carbonyl (C=O) groups excluding carboxylic acids is 1. The van der Waals surface area contributed by atoms with Crippen molar-refractivity contribution in [1.82, 2.24) is 5.32 Å². The minimum atomic E-state index is -0.0251. The third-order valence-corrected chi connectivity index (χ3v) is 3.40. The van der Waals surface area contributed by atoms with Crippen molar-refractivity contribution in [2.75, 3.05) is 0 Å². The molecule has 1 saturated heterocycles. The van der Waals surface area contributed by atoms with E-state index in [-0.39, 0.29) is 5.12 Å². The molecule has 1 aromatic carbocycles. The fourth-order valence-corrected chi connectivity index (χ4v) is 2.30. The topological polar surface area (TPSA) is 29.1 Å². The Morgan fingerprint density at radius 2 is 2.00 bits per heavy atom. The van der Waals surface area contributed by atoms with E-state index in [2.05, 4.69) is 21.2 Å². The molecule has 1 heterocycles. The van der Waals surface area contributed by atoms with Crippen molar-refractivity contribution in [3.63, 3.8) is 0 Å². The minimum absolute atomic E-state index is 0.0251. The maximum atomic E-state index is 11.4. The first-order valence-electron chi connectivity index (χ1n) is 4.15. The van der Waals surface area contributed by atoms with Gasteiger partial charge in [-0.25, -0.2) is 0 Å². The van der Waals surface area contributed by atoms with Crippen molar-refractivity contribution in [1.29, 1.82) is 0 Å². The van der Waals surface area contributed by atoms with Crippen LogP contribution < -0.4 is 5.32 Å². The fraction of sp³-hybridized carbons (Fsp3) is 0. The van der Waals surface area contributed by atoms with Crippen LogP contribution in [0.1, 0.15) is 5.56 Å². The smallest absolute Gasteiger partial charge is 0.242 e. The Hall–Kier alpha value is -0.650. The summed E-state index contributed by atoms with van der Waals surface area (Å²) in [7, 11) is 0. The monoisotopic (exact) mass is 299 g/mol. The number of thiocarbonyl (C=S) groups is 1. The Balaban J connectivity index is 2.27. The number of hydrogen-bond acceptors (Lipinski definition) is 3. The van der Waals surface area contributed by atoms with Crippen LogP contribution in [0.15, 0.2) is 34.4 Å². The van der Waals surface area contributed by atoms with Crippen molar-refractivity contribution in [3.05, 3.63) is 40.0 Å². The van der Waals surface area contributed by atoms with Crippen LogP contribution in [0.4, 0.5) is 0 Å². The molecule has 1 aromatic rings. The summed E-state index contributed by atoms with van der Waals surface area (Å²) in [5.41, 5.74) is 1.52. The maximum absolute atomic E-state index is 11.4. The van der Waals surface area contributed by atoms with Gasteiger partial charge in [0.2, 0.25) is 5.12 Å². The summed E-state index contributed by atoms with van der Waals surface area (Å²) in [6.07, 6.45) is 1.79. The van der Waals surface area contributed by atoms with Crippen LogP contribution in [-0.4, -0.2) is 9.44 Å². The molecule has 0 aliphatic carbocycles. The van der Waals surface area contributed by atoms with Gasteiger partial charge in [-0.2, -0.15) is 0 Å². The van der Waals surface area contributed by atoms with Crippen LogP contribution in [0.25, 0.3) is 6.08 Å². The Bertz CT molecular complexity index is 453. The van der Waals surface area contributed by atoms with E-state index in [1.54, 1.807) is 6.08 Å². The zero-order valence-corrected chi connectivity index (χ0v) is 10.7. The van der Waals surface area contributed by atoms with Crippen LogP contribution >= 0.6 is 39.9 Å². The van der Waals surface area contributed by atoms with Gasteiger partial charge in [0.05, 0.1) is 5.70 Å². The Labute approximate surface area is 105 Å². The average Bonchev–Trinajstić information content (AvgIpc) is 2.49. The lowest BCUT2D eigenvalue weighted by Crippen LogP contribution is -2.09. The molecule has 1 aliphatic heterocycles. The summed E-state index contributed by atoms with van der Waals surface area (Å²) in [6.45, 7) is 0. The quantitative estimate of drug-likeness (QED) is 0.638. The maximum Gasteiger partial charge on any atom is 0.242 e. The molecule has 1 N–H and O–H groups in total. The number of hydrogen-bond donors (Lipinski definition) is 1. The molecule has 0 aromatic heterocycles. The predicted molar refractivity (Wildman–Crippen MR) is 70.5 cm³/mol. The molecule has 2 rings (SSSR count). The number of halogens is 1. The Morgan fingerprint density at radius 3 is 2.53 bits per heavy atom. The molecule has 1 fully saturated rings. The van der Waals surface area contributed by atoms with Crippen molar-refractivity contribution in [2.45, 2.75) is 0 Å². The summed E-state index contributed by atoms with van der Waals surface area (Å²) in [4.78, 5) is 11.4. The van der Waals surface area contributed by atoms with Crippen molar-refractivity contribution >= 4 is 55.4 Å². The fourth-order valence-electron chi connectivity index (χ4n) is 1.15. The third kappa shape index (κ3) is 2.68. The third-order valence-electron chi connectivity index (χ3n) is 1.82. The molecule has 0 saturated carbocycles. The highest BCUT2D eigenvalue weighted by atomic mass is 79.9. The summed E-state index contributed by atoms with van der Waals surface area (Å²) in [5.74, 6) is 0. The molecule has 0 radical (unpaired) electrons. The number of nitrogens with one attached hydrogen (secondary N) is 1. The number of thioether (sulfide) groups is 1. The minimum Gasteiger partial charge on any atom is -0.337 e. The van der Waals surface area contributed by atoms with Gasteiger partial charge in [0.1, 0.15) is 4.32 Å². The van der Waals surface area contributed by atoms with E-state index < -0.39 is 0 Å². The molecular formula is C10H6BrNOS2. The number of carbonyl (C=O) groups is 1. The van der Waals surface area contributed by atoms with Crippen molar-refractivity contribution in [2.24, 2.45) is 0 Å². The van der Waals surface area contributed by atoms with Gasteiger partial charge in [-0.1, -0.05) is 40.3 Å². The molecular weight excluding hydrogens is 294 g/mol. The molecule has 0 atom stereocenters. The lowest BCUT2D eigenvalue weighted by molar-refractivity contribution is -0.107. The Kier molecular flexibility index (Phi) is 3.23. The van der Waals surface area contributed by atoms with E-state index in [0.717, 1.165) is 21.8 Å². The van der Waals surface area contributed by atoms with Gasteiger partial charge < -0.3 is 5.32 Å². The van der Waals surface area contributed by atoms with Gasteiger partial charge in [0, 0.05) is 4.47 Å². The zero-order chi connectivity index (χ0) is 10.8. The molecule has 1 aliphatic rings. The highest BCUT2D eigenvalue weighted by Crippen LogP contribution is 2.21.